The summed E-state index contributed by atoms with van der Waals surface area (Å²) < 4.78 is 7.02. The molecule has 0 radical (unpaired) electrons. The smallest absolute Gasteiger partial charge is 0.352 e. The number of amides is 1. The van der Waals surface area contributed by atoms with E-state index >= 15 is 0 Å². The zero-order valence-corrected chi connectivity index (χ0v) is 11.5. The van der Waals surface area contributed by atoms with Crippen LogP contribution < -0.4 is 5.32 Å². The third-order valence-corrected chi connectivity index (χ3v) is 3.59. The third-order valence-electron chi connectivity index (χ3n) is 2.05. The molecule has 1 N–H and O–H groups in total. The number of carbonyl (C=O) groups excluding carboxylic acids is 2. The van der Waals surface area contributed by atoms with Crippen molar-refractivity contribution >= 4 is 41.2 Å². The van der Waals surface area contributed by atoms with Gasteiger partial charge in [0.25, 0.3) is 0 Å². The zero-order chi connectivity index (χ0) is 13.0. The molecule has 0 bridgehead atoms. The van der Waals surface area contributed by atoms with Gasteiger partial charge in [0, 0.05) is 13.5 Å². The molecule has 0 aromatic carbocycles. The van der Waals surface area contributed by atoms with Crippen LogP contribution in [0.5, 0.6) is 0 Å². The van der Waals surface area contributed by atoms with E-state index in [1.165, 1.54) is 0 Å². The van der Waals surface area contributed by atoms with Crippen molar-refractivity contribution in [1.29, 1.82) is 0 Å². The molecule has 0 spiro atoms. The second-order valence-electron chi connectivity index (χ2n) is 3.23. The Kier molecular flexibility index (Phi) is 4.83. The highest BCUT2D eigenvalue weighted by Crippen LogP contribution is 2.24. The normalized spacial score (nSPS) is 10.1. The highest BCUT2D eigenvalue weighted by Gasteiger charge is 2.20. The predicted octanol–water partition coefficient (Wildman–Crippen LogP) is 2.34. The van der Waals surface area contributed by atoms with Crippen LogP contribution in [0.3, 0.4) is 0 Å². The number of anilines is 1. The van der Waals surface area contributed by atoms with E-state index < -0.39 is 5.97 Å². The van der Waals surface area contributed by atoms with Crippen molar-refractivity contribution < 1.29 is 14.3 Å². The van der Waals surface area contributed by atoms with Gasteiger partial charge in [-0.3, -0.25) is 4.79 Å². The first-order valence-electron chi connectivity index (χ1n) is 5.18. The second-order valence-corrected chi connectivity index (χ2v) is 4.87. The lowest BCUT2D eigenvalue weighted by Crippen LogP contribution is -2.16. The molecule has 0 saturated heterocycles. The van der Waals surface area contributed by atoms with E-state index in [2.05, 4.69) is 5.32 Å². The summed E-state index contributed by atoms with van der Waals surface area (Å²) in [5.74, 6) is -0.222. The third kappa shape index (κ3) is 3.13. The fraction of sp³-hybridized carbons (Fsp3) is 0.500. The number of hydrogen-bond acceptors (Lipinski definition) is 5. The van der Waals surface area contributed by atoms with Crippen LogP contribution in [0.25, 0.3) is 0 Å². The molecule has 0 aliphatic carbocycles. The van der Waals surface area contributed by atoms with Crippen LogP contribution in [0, 0.1) is 3.95 Å². The lowest BCUT2D eigenvalue weighted by molar-refractivity contribution is -0.115. The van der Waals surface area contributed by atoms with E-state index in [0.29, 0.717) is 21.1 Å². The quantitative estimate of drug-likeness (QED) is 0.676. The van der Waals surface area contributed by atoms with Crippen molar-refractivity contribution in [1.82, 2.24) is 4.57 Å². The Labute approximate surface area is 108 Å². The number of carbonyl (C=O) groups is 2. The van der Waals surface area contributed by atoms with Crippen molar-refractivity contribution in [2.24, 2.45) is 7.05 Å². The molecule has 1 amide bonds. The minimum Gasteiger partial charge on any atom is -0.462 e. The van der Waals surface area contributed by atoms with Gasteiger partial charge in [0.2, 0.25) is 5.91 Å². The number of aromatic nitrogens is 1. The maximum Gasteiger partial charge on any atom is 0.352 e. The van der Waals surface area contributed by atoms with Crippen molar-refractivity contribution in [3.05, 3.63) is 8.83 Å². The van der Waals surface area contributed by atoms with Crippen molar-refractivity contribution in [3.63, 3.8) is 0 Å². The first-order valence-corrected chi connectivity index (χ1v) is 6.40. The lowest BCUT2D eigenvalue weighted by Gasteiger charge is -2.07. The standard InChI is InChI=1S/C10H14N2O3S2/c1-4-6(13)11-8-7(9(14)15-5-2)17-10(16)12(8)3/h4-5H2,1-3H3,(H,11,13). The highest BCUT2D eigenvalue weighted by atomic mass is 32.1. The molecule has 1 rings (SSSR count). The number of thiazole rings is 1. The van der Waals surface area contributed by atoms with Gasteiger partial charge in [-0.15, -0.1) is 0 Å². The van der Waals surface area contributed by atoms with E-state index in [9.17, 15) is 9.59 Å². The summed E-state index contributed by atoms with van der Waals surface area (Å²) in [6, 6.07) is 0. The number of nitrogens with one attached hydrogen (secondary N) is 1. The minimum atomic E-state index is -0.462. The van der Waals surface area contributed by atoms with Crippen molar-refractivity contribution in [2.45, 2.75) is 20.3 Å². The number of hydrogen-bond donors (Lipinski definition) is 1. The summed E-state index contributed by atoms with van der Waals surface area (Å²) in [5.41, 5.74) is 0. The Hall–Kier alpha value is -1.21. The average Bonchev–Trinajstić information content (AvgIpc) is 2.57. The number of nitrogens with zero attached hydrogens (tertiary/aromatic N) is 1. The molecule has 7 heteroatoms. The number of ether oxygens (including phenoxy) is 1. The Balaban J connectivity index is 3.13. The Bertz CT molecular complexity index is 490. The summed E-state index contributed by atoms with van der Waals surface area (Å²) >= 11 is 6.21. The lowest BCUT2D eigenvalue weighted by atomic mass is 10.4. The van der Waals surface area contributed by atoms with Gasteiger partial charge < -0.3 is 14.6 Å². The SMILES string of the molecule is CCOC(=O)c1sc(=S)n(C)c1NC(=O)CC. The van der Waals surface area contributed by atoms with Gasteiger partial charge in [-0.1, -0.05) is 18.3 Å². The molecule has 1 aromatic rings. The fourth-order valence-electron chi connectivity index (χ4n) is 1.14. The maximum absolute atomic E-state index is 11.7. The molecule has 0 unspecified atom stereocenters. The van der Waals surface area contributed by atoms with E-state index in [1.54, 1.807) is 25.5 Å². The number of rotatable bonds is 4. The van der Waals surface area contributed by atoms with Gasteiger partial charge in [0.05, 0.1) is 6.61 Å². The summed E-state index contributed by atoms with van der Waals surface area (Å²) in [7, 11) is 1.70. The van der Waals surface area contributed by atoms with Crippen LogP contribution in [-0.2, 0) is 16.6 Å². The van der Waals surface area contributed by atoms with Crippen LogP contribution in [-0.4, -0.2) is 23.1 Å². The second kappa shape index (κ2) is 5.92. The van der Waals surface area contributed by atoms with E-state index in [1.807, 2.05) is 0 Å². The monoisotopic (exact) mass is 274 g/mol. The molecule has 5 nitrogen and oxygen atoms in total. The van der Waals surface area contributed by atoms with Gasteiger partial charge >= 0.3 is 5.97 Å². The van der Waals surface area contributed by atoms with E-state index in [4.69, 9.17) is 17.0 Å². The van der Waals surface area contributed by atoms with Crippen molar-refractivity contribution in [3.8, 4) is 0 Å². The van der Waals surface area contributed by atoms with Crippen LogP contribution in [0.2, 0.25) is 0 Å². The molecule has 0 atom stereocenters. The topological polar surface area (TPSA) is 60.3 Å². The zero-order valence-electron chi connectivity index (χ0n) is 9.90. The van der Waals surface area contributed by atoms with E-state index in [0.717, 1.165) is 11.3 Å². The summed E-state index contributed by atoms with van der Waals surface area (Å²) in [6.07, 6.45) is 0.338. The largest absolute Gasteiger partial charge is 0.462 e. The average molecular weight is 274 g/mol. The maximum atomic E-state index is 11.7. The molecule has 1 aromatic heterocycles. The first-order chi connectivity index (χ1) is 8.01. The Morgan fingerprint density at radius 1 is 1.47 bits per heavy atom. The summed E-state index contributed by atoms with van der Waals surface area (Å²) in [6.45, 7) is 3.75. The molecule has 0 aliphatic heterocycles. The van der Waals surface area contributed by atoms with Gasteiger partial charge in [0.15, 0.2) is 8.83 Å². The number of esters is 1. The molecular formula is C10H14N2O3S2. The van der Waals surface area contributed by atoms with Crippen LogP contribution >= 0.6 is 23.6 Å². The molecule has 0 aliphatic rings. The summed E-state index contributed by atoms with van der Waals surface area (Å²) in [5, 5.41) is 2.66. The molecule has 0 fully saturated rings. The van der Waals surface area contributed by atoms with Crippen LogP contribution in [0.15, 0.2) is 0 Å². The molecule has 17 heavy (non-hydrogen) atoms. The van der Waals surface area contributed by atoms with Gasteiger partial charge in [-0.2, -0.15) is 0 Å². The van der Waals surface area contributed by atoms with Gasteiger partial charge in [-0.05, 0) is 19.1 Å². The molecular weight excluding hydrogens is 260 g/mol. The van der Waals surface area contributed by atoms with Gasteiger partial charge in [0.1, 0.15) is 5.82 Å². The first kappa shape index (κ1) is 13.9. The minimum absolute atomic E-state index is 0.168. The van der Waals surface area contributed by atoms with E-state index in [-0.39, 0.29) is 12.5 Å². The van der Waals surface area contributed by atoms with Crippen molar-refractivity contribution in [2.75, 3.05) is 11.9 Å². The predicted molar refractivity (Wildman–Crippen MR) is 69.0 cm³/mol. The Morgan fingerprint density at radius 2 is 2.12 bits per heavy atom. The summed E-state index contributed by atoms with van der Waals surface area (Å²) in [4.78, 5) is 23.4. The molecule has 0 saturated carbocycles. The van der Waals surface area contributed by atoms with Crippen LogP contribution in [0.1, 0.15) is 29.9 Å². The highest BCUT2D eigenvalue weighted by molar-refractivity contribution is 7.73. The van der Waals surface area contributed by atoms with Gasteiger partial charge in [-0.25, -0.2) is 4.79 Å². The molecule has 94 valence electrons. The van der Waals surface area contributed by atoms with Crippen LogP contribution in [0.4, 0.5) is 5.82 Å². The molecule has 1 heterocycles. The Morgan fingerprint density at radius 3 is 2.65 bits per heavy atom. The fourth-order valence-corrected chi connectivity index (χ4v) is 2.31.